The van der Waals surface area contributed by atoms with Gasteiger partial charge in [-0.05, 0) is 18.9 Å². The third kappa shape index (κ3) is 3.31. The highest BCUT2D eigenvalue weighted by molar-refractivity contribution is 5.84. The normalized spacial score (nSPS) is 22.4. The fraction of sp³-hybridized carbons (Fsp3) is 0.583. The van der Waals surface area contributed by atoms with Crippen LogP contribution >= 0.6 is 0 Å². The van der Waals surface area contributed by atoms with E-state index in [0.717, 1.165) is 13.0 Å². The molecule has 0 aliphatic carbocycles. The van der Waals surface area contributed by atoms with E-state index >= 15 is 0 Å². The minimum Gasteiger partial charge on any atom is -0.476 e. The molecule has 2 heterocycles. The highest BCUT2D eigenvalue weighted by atomic mass is 16.4. The molecule has 0 saturated carbocycles. The molecular weight excluding hydrogens is 248 g/mol. The number of carbonyl (C=O) groups is 2. The summed E-state index contributed by atoms with van der Waals surface area (Å²) in [5.41, 5.74) is 0.0115. The maximum absolute atomic E-state index is 11.9. The van der Waals surface area contributed by atoms with Crippen LogP contribution in [-0.2, 0) is 11.3 Å². The molecule has 1 saturated heterocycles. The van der Waals surface area contributed by atoms with Gasteiger partial charge in [-0.1, -0.05) is 6.92 Å². The molecule has 1 aliphatic rings. The number of imidazole rings is 1. The number of carboxylic acid groups (broad SMARTS) is 1. The molecule has 7 nitrogen and oxygen atoms in total. The van der Waals surface area contributed by atoms with E-state index in [0.29, 0.717) is 19.0 Å². The summed E-state index contributed by atoms with van der Waals surface area (Å²) in [5, 5.41) is 14.7. The van der Waals surface area contributed by atoms with Crippen molar-refractivity contribution >= 4 is 11.9 Å². The van der Waals surface area contributed by atoms with Crippen molar-refractivity contribution in [3.05, 3.63) is 18.2 Å². The van der Waals surface area contributed by atoms with Crippen LogP contribution in [0.1, 0.15) is 23.8 Å². The summed E-state index contributed by atoms with van der Waals surface area (Å²) < 4.78 is 1.65. The third-order valence-electron chi connectivity index (χ3n) is 3.34. The maximum Gasteiger partial charge on any atom is 0.356 e. The Balaban J connectivity index is 1.76. The molecule has 7 heteroatoms. The lowest BCUT2D eigenvalue weighted by Crippen LogP contribution is -2.44. The van der Waals surface area contributed by atoms with Gasteiger partial charge in [-0.3, -0.25) is 4.79 Å². The number of nitrogens with zero attached hydrogens (tertiary/aromatic N) is 2. The van der Waals surface area contributed by atoms with Crippen LogP contribution in [0.4, 0.5) is 0 Å². The summed E-state index contributed by atoms with van der Waals surface area (Å²) >= 11 is 0. The third-order valence-corrected chi connectivity index (χ3v) is 3.34. The van der Waals surface area contributed by atoms with Gasteiger partial charge >= 0.3 is 5.97 Å². The number of aromatic carboxylic acids is 1. The minimum atomic E-state index is -1.05. The van der Waals surface area contributed by atoms with E-state index in [1.807, 2.05) is 0 Å². The second-order valence-corrected chi connectivity index (χ2v) is 4.79. The molecule has 1 aromatic heterocycles. The van der Waals surface area contributed by atoms with Gasteiger partial charge in [-0.2, -0.15) is 0 Å². The van der Waals surface area contributed by atoms with Gasteiger partial charge in [0, 0.05) is 19.3 Å². The fourth-order valence-electron chi connectivity index (χ4n) is 2.20. The molecule has 0 bridgehead atoms. The predicted molar refractivity (Wildman–Crippen MR) is 67.8 cm³/mol. The zero-order valence-corrected chi connectivity index (χ0v) is 10.8. The van der Waals surface area contributed by atoms with E-state index in [1.165, 1.54) is 12.5 Å². The quantitative estimate of drug-likeness (QED) is 0.679. The lowest BCUT2D eigenvalue weighted by Gasteiger charge is -2.15. The van der Waals surface area contributed by atoms with Crippen LogP contribution in [0.25, 0.3) is 0 Å². The average Bonchev–Trinajstić information content (AvgIpc) is 2.97. The van der Waals surface area contributed by atoms with Crippen LogP contribution in [-0.4, -0.2) is 45.7 Å². The summed E-state index contributed by atoms with van der Waals surface area (Å²) in [7, 11) is 0. The van der Waals surface area contributed by atoms with Crippen LogP contribution in [0.15, 0.2) is 12.5 Å². The molecule has 0 radical (unpaired) electrons. The first-order valence-electron chi connectivity index (χ1n) is 6.34. The summed E-state index contributed by atoms with van der Waals surface area (Å²) in [5.74, 6) is -0.692. The van der Waals surface area contributed by atoms with Gasteiger partial charge in [0.15, 0.2) is 5.69 Å². The van der Waals surface area contributed by atoms with Crippen molar-refractivity contribution in [2.75, 3.05) is 13.1 Å². The molecule has 1 aliphatic heterocycles. The zero-order chi connectivity index (χ0) is 13.8. The molecule has 19 heavy (non-hydrogen) atoms. The monoisotopic (exact) mass is 266 g/mol. The molecule has 1 aromatic rings. The summed E-state index contributed by atoms with van der Waals surface area (Å²) in [6, 6.07) is -0.114. The number of aromatic nitrogens is 2. The molecule has 3 N–H and O–H groups in total. The Bertz CT molecular complexity index is 471. The number of carbonyl (C=O) groups excluding carboxylic acids is 1. The van der Waals surface area contributed by atoms with Gasteiger partial charge in [0.05, 0.1) is 12.4 Å². The van der Waals surface area contributed by atoms with Crippen molar-refractivity contribution in [3.63, 3.8) is 0 Å². The highest BCUT2D eigenvalue weighted by Gasteiger charge is 2.28. The molecule has 1 fully saturated rings. The van der Waals surface area contributed by atoms with Crippen molar-refractivity contribution in [3.8, 4) is 0 Å². The SMILES string of the molecule is CC1CCNC1C(=O)NCCn1cnc(C(=O)O)c1. The van der Waals surface area contributed by atoms with Gasteiger partial charge in [0.25, 0.3) is 0 Å². The van der Waals surface area contributed by atoms with Gasteiger partial charge in [0.2, 0.25) is 5.91 Å². The van der Waals surface area contributed by atoms with E-state index in [-0.39, 0.29) is 17.6 Å². The maximum atomic E-state index is 11.9. The van der Waals surface area contributed by atoms with Crippen LogP contribution in [0.2, 0.25) is 0 Å². The van der Waals surface area contributed by atoms with Gasteiger partial charge in [-0.15, -0.1) is 0 Å². The Morgan fingerprint density at radius 1 is 1.63 bits per heavy atom. The molecule has 104 valence electrons. The molecule has 0 aromatic carbocycles. The standard InChI is InChI=1S/C12H18N4O3/c1-8-2-3-13-10(8)11(17)14-4-5-16-6-9(12(18)19)15-7-16/h6-8,10,13H,2-5H2,1H3,(H,14,17)(H,18,19). The van der Waals surface area contributed by atoms with E-state index in [2.05, 4.69) is 22.5 Å². The second kappa shape index (κ2) is 5.83. The summed E-state index contributed by atoms with van der Waals surface area (Å²) in [6.45, 7) is 3.90. The van der Waals surface area contributed by atoms with Crippen LogP contribution in [0.5, 0.6) is 0 Å². The predicted octanol–water partition coefficient (Wildman–Crippen LogP) is -0.304. The van der Waals surface area contributed by atoms with Crippen molar-refractivity contribution in [2.45, 2.75) is 25.9 Å². The number of nitrogens with one attached hydrogen (secondary N) is 2. The van der Waals surface area contributed by atoms with Gasteiger partial charge in [-0.25, -0.2) is 9.78 Å². The largest absolute Gasteiger partial charge is 0.476 e. The Morgan fingerprint density at radius 2 is 2.42 bits per heavy atom. The zero-order valence-electron chi connectivity index (χ0n) is 10.8. The van der Waals surface area contributed by atoms with E-state index < -0.39 is 5.97 Å². The molecular formula is C12H18N4O3. The Morgan fingerprint density at radius 3 is 3.00 bits per heavy atom. The Kier molecular flexibility index (Phi) is 4.16. The van der Waals surface area contributed by atoms with Gasteiger partial charge < -0.3 is 20.3 Å². The van der Waals surface area contributed by atoms with E-state index in [4.69, 9.17) is 5.11 Å². The lowest BCUT2D eigenvalue weighted by molar-refractivity contribution is -0.123. The first-order chi connectivity index (χ1) is 9.08. The van der Waals surface area contributed by atoms with E-state index in [1.54, 1.807) is 4.57 Å². The molecule has 2 atom stereocenters. The Labute approximate surface area is 111 Å². The number of amides is 1. The Hall–Kier alpha value is -1.89. The van der Waals surface area contributed by atoms with Crippen LogP contribution in [0, 0.1) is 5.92 Å². The minimum absolute atomic E-state index is 0.00331. The highest BCUT2D eigenvalue weighted by Crippen LogP contribution is 2.13. The molecule has 1 amide bonds. The first kappa shape index (κ1) is 13.5. The number of hydrogen-bond acceptors (Lipinski definition) is 4. The van der Waals surface area contributed by atoms with Gasteiger partial charge in [0.1, 0.15) is 0 Å². The second-order valence-electron chi connectivity index (χ2n) is 4.79. The molecule has 0 spiro atoms. The number of carboxylic acids is 1. The molecule has 2 rings (SSSR count). The number of hydrogen-bond donors (Lipinski definition) is 3. The molecule has 2 unspecified atom stereocenters. The smallest absolute Gasteiger partial charge is 0.356 e. The van der Waals surface area contributed by atoms with Crippen molar-refractivity contribution in [2.24, 2.45) is 5.92 Å². The lowest BCUT2D eigenvalue weighted by atomic mass is 10.0. The van der Waals surface area contributed by atoms with E-state index in [9.17, 15) is 9.59 Å². The average molecular weight is 266 g/mol. The van der Waals surface area contributed by atoms with Crippen LogP contribution < -0.4 is 10.6 Å². The summed E-state index contributed by atoms with van der Waals surface area (Å²) in [6.07, 6.45) is 3.92. The van der Waals surface area contributed by atoms with Crippen LogP contribution in [0.3, 0.4) is 0 Å². The van der Waals surface area contributed by atoms with Crippen molar-refractivity contribution in [1.29, 1.82) is 0 Å². The summed E-state index contributed by atoms with van der Waals surface area (Å²) in [4.78, 5) is 26.3. The van der Waals surface area contributed by atoms with Crippen molar-refractivity contribution in [1.82, 2.24) is 20.2 Å². The fourth-order valence-corrected chi connectivity index (χ4v) is 2.20. The topological polar surface area (TPSA) is 96.3 Å². The first-order valence-corrected chi connectivity index (χ1v) is 6.34. The van der Waals surface area contributed by atoms with Crippen molar-refractivity contribution < 1.29 is 14.7 Å². The number of rotatable bonds is 5.